The van der Waals surface area contributed by atoms with Crippen molar-refractivity contribution in [1.82, 2.24) is 0 Å². The number of hydrogen-bond acceptors (Lipinski definition) is 4. The van der Waals surface area contributed by atoms with Crippen LogP contribution in [0.5, 0.6) is 0 Å². The van der Waals surface area contributed by atoms with Gasteiger partial charge in [-0.3, -0.25) is 0 Å². The third-order valence-electron chi connectivity index (χ3n) is 3.17. The number of rotatable bonds is 12. The molecule has 0 saturated carbocycles. The van der Waals surface area contributed by atoms with E-state index >= 15 is 0 Å². The molecule has 0 aliphatic rings. The molecule has 0 heterocycles. The lowest BCUT2D eigenvalue weighted by Gasteiger charge is -2.22. The third-order valence-corrected chi connectivity index (χ3v) is 4.09. The average Bonchev–Trinajstić information content (AvgIpc) is 2.57. The van der Waals surface area contributed by atoms with Crippen molar-refractivity contribution >= 4 is 15.5 Å². The first-order valence-corrected chi connectivity index (χ1v) is 9.70. The van der Waals surface area contributed by atoms with Crippen molar-refractivity contribution in [3.8, 4) is 0 Å². The van der Waals surface area contributed by atoms with Gasteiger partial charge in [-0.2, -0.15) is 0 Å². The van der Waals surface area contributed by atoms with Gasteiger partial charge in [0.1, 0.15) is 5.69 Å². The van der Waals surface area contributed by atoms with Crippen LogP contribution in [0.1, 0.15) is 40.5 Å². The molecule has 0 bridgehead atoms. The first-order chi connectivity index (χ1) is 12.6. The zero-order valence-corrected chi connectivity index (χ0v) is 16.7. The van der Waals surface area contributed by atoms with Gasteiger partial charge in [0, 0.05) is 6.07 Å². The summed E-state index contributed by atoms with van der Waals surface area (Å²) < 4.78 is 82.9. The summed E-state index contributed by atoms with van der Waals surface area (Å²) in [7, 11) is 0.0389. The summed E-state index contributed by atoms with van der Waals surface area (Å²) in [6.07, 6.45) is 0.631. The summed E-state index contributed by atoms with van der Waals surface area (Å²) in [5.41, 5.74) is -0.971. The van der Waals surface area contributed by atoms with E-state index in [0.29, 0.717) is 12.5 Å². The molecule has 27 heavy (non-hydrogen) atoms. The molecule has 0 aliphatic heterocycles. The van der Waals surface area contributed by atoms with E-state index in [9.17, 15) is 22.0 Å². The molecule has 0 amide bonds. The van der Waals surface area contributed by atoms with Crippen molar-refractivity contribution in [2.45, 2.75) is 65.3 Å². The minimum absolute atomic E-state index is 0.0389. The highest BCUT2D eigenvalue weighted by molar-refractivity contribution is 6.27. The van der Waals surface area contributed by atoms with E-state index in [1.807, 2.05) is 27.7 Å². The fourth-order valence-corrected chi connectivity index (χ4v) is 2.72. The second kappa shape index (κ2) is 11.6. The first kappa shape index (κ1) is 23.8. The molecule has 0 aromatic heterocycles. The predicted molar refractivity (Wildman–Crippen MR) is 91.8 cm³/mol. The Morgan fingerprint density at radius 1 is 0.926 bits per heavy atom. The topological polar surface area (TPSA) is 30.9 Å². The summed E-state index contributed by atoms with van der Waals surface area (Å²) in [6, 6.07) is 0.859. The van der Waals surface area contributed by atoms with E-state index in [-0.39, 0.29) is 46.1 Å². The second-order valence-corrected chi connectivity index (χ2v) is 7.31. The Morgan fingerprint density at radius 2 is 1.52 bits per heavy atom. The molecule has 0 aliphatic carbocycles. The molecule has 1 rings (SSSR count). The van der Waals surface area contributed by atoms with Crippen molar-refractivity contribution in [2.75, 3.05) is 11.7 Å². The zero-order chi connectivity index (χ0) is 20.6. The molecule has 1 aromatic carbocycles. The van der Waals surface area contributed by atoms with Gasteiger partial charge in [-0.25, -0.2) is 22.7 Å². The highest BCUT2D eigenvalue weighted by Gasteiger charge is 2.22. The van der Waals surface area contributed by atoms with E-state index in [0.717, 1.165) is 0 Å². The van der Waals surface area contributed by atoms with Gasteiger partial charge in [0.05, 0.1) is 18.8 Å². The lowest BCUT2D eigenvalue weighted by atomic mass is 10.2. The highest BCUT2D eigenvalue weighted by Crippen LogP contribution is 2.26. The van der Waals surface area contributed by atoms with Gasteiger partial charge in [-0.1, -0.05) is 10.9 Å². The molecule has 2 radical (unpaired) electrons. The van der Waals surface area contributed by atoms with Gasteiger partial charge in [0.15, 0.2) is 23.3 Å². The van der Waals surface area contributed by atoms with Crippen LogP contribution in [0.25, 0.3) is 0 Å². The van der Waals surface area contributed by atoms with Crippen molar-refractivity contribution in [3.05, 3.63) is 29.3 Å². The Kier molecular flexibility index (Phi) is 10.2. The van der Waals surface area contributed by atoms with Gasteiger partial charge in [-0.05, 0) is 40.2 Å². The maximum absolute atomic E-state index is 13.9. The molecule has 0 unspecified atom stereocenters. The van der Waals surface area contributed by atoms with Crippen molar-refractivity contribution < 1.29 is 35.9 Å². The van der Waals surface area contributed by atoms with Crippen LogP contribution in [-0.4, -0.2) is 35.0 Å². The molecule has 0 saturated heterocycles. The summed E-state index contributed by atoms with van der Waals surface area (Å²) in [5.74, 6) is -7.42. The number of hydrogen-bond donors (Lipinski definition) is 0. The van der Waals surface area contributed by atoms with Crippen LogP contribution in [0.15, 0.2) is 6.07 Å². The highest BCUT2D eigenvalue weighted by atomic mass is 28.2. The number of benzene rings is 1. The van der Waals surface area contributed by atoms with Crippen LogP contribution in [0.4, 0.5) is 27.7 Å². The Morgan fingerprint density at radius 3 is 2.07 bits per heavy atom. The quantitative estimate of drug-likeness (QED) is 0.0928. The van der Waals surface area contributed by atoms with Crippen molar-refractivity contribution in [3.63, 3.8) is 0 Å². The smallest absolute Gasteiger partial charge is 0.262 e. The average molecular weight is 413 g/mol. The maximum Gasteiger partial charge on any atom is 0.262 e. The van der Waals surface area contributed by atoms with Crippen LogP contribution in [0.2, 0.25) is 6.04 Å². The van der Waals surface area contributed by atoms with Gasteiger partial charge in [0.25, 0.3) is 6.48 Å². The molecule has 4 nitrogen and oxygen atoms in total. The monoisotopic (exact) mass is 413 g/mol. The fourth-order valence-electron chi connectivity index (χ4n) is 1.96. The molecule has 10 heteroatoms. The first-order valence-electron chi connectivity index (χ1n) is 8.59. The predicted octanol–water partition coefficient (Wildman–Crippen LogP) is 4.90. The van der Waals surface area contributed by atoms with Crippen LogP contribution < -0.4 is 5.12 Å². The van der Waals surface area contributed by atoms with E-state index in [2.05, 4.69) is 0 Å². The summed E-state index contributed by atoms with van der Waals surface area (Å²) in [6.45, 7) is 6.29. The van der Waals surface area contributed by atoms with Crippen molar-refractivity contribution in [1.29, 1.82) is 0 Å². The maximum atomic E-state index is 13.9. The number of anilines is 1. The van der Waals surface area contributed by atoms with E-state index < -0.39 is 35.4 Å². The van der Waals surface area contributed by atoms with Gasteiger partial charge in [0.2, 0.25) is 9.76 Å². The minimum atomic E-state index is -2.04. The van der Waals surface area contributed by atoms with E-state index in [1.165, 1.54) is 0 Å². The molecular weight excluding hydrogens is 389 g/mol. The summed E-state index contributed by atoms with van der Waals surface area (Å²) in [5, 5.41) is -0.141. The lowest BCUT2D eigenvalue weighted by molar-refractivity contribution is -0.275. The minimum Gasteiger partial charge on any atom is -0.372 e. The molecule has 154 valence electrons. The number of halogens is 5. The van der Waals surface area contributed by atoms with E-state index in [4.69, 9.17) is 13.9 Å². The largest absolute Gasteiger partial charge is 0.372 e. The SMILES string of the molecule is CC(C)OC(O[Si]CCCCN(F)c1cc(F)c(F)c(F)c1F)OC(C)C. The Balaban J connectivity index is 2.37. The Hall–Kier alpha value is -1.23. The Bertz CT molecular complexity index is 582. The van der Waals surface area contributed by atoms with Crippen LogP contribution in [0.3, 0.4) is 0 Å². The Labute approximate surface area is 158 Å². The fraction of sp³-hybridized carbons (Fsp3) is 0.647. The standard InChI is InChI=1S/C17H24F5NO3Si/c1-10(2)24-17(25-11(3)4)26-27-8-6-5-7-23(22)13-9-12(18)14(19)16(21)15(13)20/h9-11,17H,5-8H2,1-4H3. The normalized spacial score (nSPS) is 11.9. The van der Waals surface area contributed by atoms with Crippen LogP contribution in [-0.2, 0) is 13.9 Å². The van der Waals surface area contributed by atoms with Crippen LogP contribution in [0, 0.1) is 23.3 Å². The summed E-state index contributed by atoms with van der Waals surface area (Å²) in [4.78, 5) is 0. The molecule has 0 fully saturated rings. The molecule has 1 aromatic rings. The summed E-state index contributed by atoms with van der Waals surface area (Å²) >= 11 is 0. The number of ether oxygens (including phenoxy) is 2. The number of unbranched alkanes of at least 4 members (excludes halogenated alkanes) is 1. The molecule has 0 N–H and O–H groups in total. The molecule has 0 atom stereocenters. The van der Waals surface area contributed by atoms with Gasteiger partial charge < -0.3 is 13.9 Å². The van der Waals surface area contributed by atoms with E-state index in [1.54, 1.807) is 0 Å². The lowest BCUT2D eigenvalue weighted by Crippen LogP contribution is -2.28. The zero-order valence-electron chi connectivity index (χ0n) is 15.7. The van der Waals surface area contributed by atoms with Crippen molar-refractivity contribution in [2.24, 2.45) is 0 Å². The molecule has 0 spiro atoms. The van der Waals surface area contributed by atoms with Gasteiger partial charge >= 0.3 is 0 Å². The third kappa shape index (κ3) is 8.12. The number of nitrogens with zero attached hydrogens (tertiary/aromatic N) is 1. The van der Waals surface area contributed by atoms with Crippen LogP contribution >= 0.6 is 0 Å². The second-order valence-electron chi connectivity index (χ2n) is 6.28. The molecular formula is C17H24F5NO3Si. The van der Waals surface area contributed by atoms with Gasteiger partial charge in [-0.15, -0.1) is 0 Å².